The van der Waals surface area contributed by atoms with Crippen LogP contribution in [0.15, 0.2) is 46.9 Å². The molecule has 0 bridgehead atoms. The highest BCUT2D eigenvalue weighted by Gasteiger charge is 2.28. The zero-order valence-electron chi connectivity index (χ0n) is 14.8. The molecule has 2 aromatic carbocycles. The number of aliphatic hydroxyl groups excluding tert-OH is 1. The lowest BCUT2D eigenvalue weighted by molar-refractivity contribution is 0.0677. The predicted octanol–water partition coefficient (Wildman–Crippen LogP) is 3.65. The monoisotopic (exact) mass is 350 g/mol. The Morgan fingerprint density at radius 2 is 2.12 bits per heavy atom. The summed E-state index contributed by atoms with van der Waals surface area (Å²) in [6.45, 7) is 2.74. The largest absolute Gasteiger partial charge is 0.441 e. The van der Waals surface area contributed by atoms with Crippen LogP contribution in [-0.4, -0.2) is 40.1 Å². The first-order chi connectivity index (χ1) is 12.7. The third kappa shape index (κ3) is 2.99. The zero-order valence-corrected chi connectivity index (χ0v) is 14.8. The van der Waals surface area contributed by atoms with Gasteiger partial charge in [-0.2, -0.15) is 0 Å². The number of carbonyl (C=O) groups is 1. The average molecular weight is 350 g/mol. The van der Waals surface area contributed by atoms with Crippen molar-refractivity contribution in [2.45, 2.75) is 32.2 Å². The van der Waals surface area contributed by atoms with E-state index < -0.39 is 0 Å². The third-order valence-electron chi connectivity index (χ3n) is 5.03. The lowest BCUT2D eigenvalue weighted by Gasteiger charge is -2.23. The van der Waals surface area contributed by atoms with Crippen molar-refractivity contribution in [3.05, 3.63) is 53.9 Å². The number of likely N-dealkylation sites (tertiary alicyclic amines) is 1. The van der Waals surface area contributed by atoms with E-state index in [0.29, 0.717) is 12.1 Å². The second-order valence-electron chi connectivity index (χ2n) is 6.70. The summed E-state index contributed by atoms with van der Waals surface area (Å²) in [6, 6.07) is 13.5. The molecule has 1 N–H and O–H groups in total. The van der Waals surface area contributed by atoms with Gasteiger partial charge in [-0.1, -0.05) is 25.1 Å². The molecule has 5 heteroatoms. The number of benzene rings is 2. The number of hydrogen-bond donors (Lipinski definition) is 1. The van der Waals surface area contributed by atoms with Gasteiger partial charge in [0.2, 0.25) is 0 Å². The smallest absolute Gasteiger partial charge is 0.254 e. The zero-order chi connectivity index (χ0) is 18.1. The summed E-state index contributed by atoms with van der Waals surface area (Å²) < 4.78 is 5.67. The molecule has 0 spiro atoms. The molecule has 1 aliphatic rings. The molecule has 3 aromatic rings. The number of amides is 1. The van der Waals surface area contributed by atoms with Gasteiger partial charge in [0.25, 0.3) is 5.91 Å². The van der Waals surface area contributed by atoms with E-state index >= 15 is 0 Å². The fraction of sp³-hybridized carbons (Fsp3) is 0.333. The van der Waals surface area contributed by atoms with Crippen molar-refractivity contribution in [2.24, 2.45) is 0 Å². The first kappa shape index (κ1) is 16.8. The average Bonchev–Trinajstić information content (AvgIpc) is 3.33. The first-order valence-electron chi connectivity index (χ1n) is 9.11. The van der Waals surface area contributed by atoms with Crippen LogP contribution >= 0.6 is 0 Å². The Kier molecular flexibility index (Phi) is 4.47. The molecule has 1 saturated heterocycles. The van der Waals surface area contributed by atoms with Gasteiger partial charge in [0.1, 0.15) is 5.52 Å². The van der Waals surface area contributed by atoms with Crippen LogP contribution in [0.3, 0.4) is 0 Å². The summed E-state index contributed by atoms with van der Waals surface area (Å²) in [5.41, 5.74) is 4.23. The topological polar surface area (TPSA) is 66.6 Å². The normalized spacial score (nSPS) is 17.2. The summed E-state index contributed by atoms with van der Waals surface area (Å²) in [7, 11) is 0. The van der Waals surface area contributed by atoms with Crippen molar-refractivity contribution in [3.8, 4) is 11.1 Å². The van der Waals surface area contributed by atoms with Crippen LogP contribution in [0, 0.1) is 0 Å². The molecular formula is C21H22N2O3. The highest BCUT2D eigenvalue weighted by atomic mass is 16.3. The Morgan fingerprint density at radius 3 is 2.92 bits per heavy atom. The number of rotatable bonds is 4. The van der Waals surface area contributed by atoms with E-state index in [1.54, 1.807) is 4.90 Å². The Hall–Kier alpha value is -2.66. The Bertz CT molecular complexity index is 947. The molecule has 2 heterocycles. The molecule has 4 rings (SSSR count). The number of carbonyl (C=O) groups excluding carboxylic acids is 1. The van der Waals surface area contributed by atoms with Crippen LogP contribution in [0.1, 0.15) is 36.0 Å². The van der Waals surface area contributed by atoms with Crippen molar-refractivity contribution < 1.29 is 14.3 Å². The van der Waals surface area contributed by atoms with Crippen molar-refractivity contribution >= 4 is 17.0 Å². The number of nitrogens with zero attached hydrogens (tertiary/aromatic N) is 2. The van der Waals surface area contributed by atoms with E-state index in [1.807, 2.05) is 49.4 Å². The minimum Gasteiger partial charge on any atom is -0.441 e. The number of aliphatic hydroxyl groups is 1. The fourth-order valence-corrected chi connectivity index (χ4v) is 3.60. The number of oxazole rings is 1. The molecule has 0 saturated carbocycles. The van der Waals surface area contributed by atoms with Crippen molar-refractivity contribution in [3.63, 3.8) is 0 Å². The summed E-state index contributed by atoms with van der Waals surface area (Å²) in [5.74, 6) is 0.712. The summed E-state index contributed by atoms with van der Waals surface area (Å²) in [6.07, 6.45) is 2.57. The van der Waals surface area contributed by atoms with Crippen LogP contribution in [0.2, 0.25) is 0 Å². The van der Waals surface area contributed by atoms with E-state index in [1.165, 1.54) is 0 Å². The molecule has 1 atom stereocenters. The maximum atomic E-state index is 12.8. The maximum Gasteiger partial charge on any atom is 0.254 e. The Labute approximate surface area is 152 Å². The molecule has 26 heavy (non-hydrogen) atoms. The predicted molar refractivity (Wildman–Crippen MR) is 100.0 cm³/mol. The van der Waals surface area contributed by atoms with Crippen molar-refractivity contribution in [1.29, 1.82) is 0 Å². The molecule has 1 fully saturated rings. The molecule has 1 aliphatic heterocycles. The van der Waals surface area contributed by atoms with E-state index in [0.717, 1.165) is 47.4 Å². The fourth-order valence-electron chi connectivity index (χ4n) is 3.60. The van der Waals surface area contributed by atoms with E-state index in [9.17, 15) is 9.90 Å². The second kappa shape index (κ2) is 6.92. The number of aromatic nitrogens is 1. The molecule has 1 amide bonds. The van der Waals surface area contributed by atoms with Gasteiger partial charge in [-0.15, -0.1) is 0 Å². The minimum absolute atomic E-state index is 0.0146. The molecule has 134 valence electrons. The highest BCUT2D eigenvalue weighted by molar-refractivity contribution is 5.96. The molecule has 5 nitrogen and oxygen atoms in total. The van der Waals surface area contributed by atoms with Crippen LogP contribution in [-0.2, 0) is 6.42 Å². The van der Waals surface area contributed by atoms with Gasteiger partial charge in [-0.25, -0.2) is 4.98 Å². The lowest BCUT2D eigenvalue weighted by atomic mass is 10.0. The quantitative estimate of drug-likeness (QED) is 0.780. The van der Waals surface area contributed by atoms with E-state index in [-0.39, 0.29) is 18.6 Å². The second-order valence-corrected chi connectivity index (χ2v) is 6.70. The number of hydrogen-bond acceptors (Lipinski definition) is 4. The van der Waals surface area contributed by atoms with Crippen LogP contribution < -0.4 is 0 Å². The standard InChI is InChI=1S/C21H22N2O3/c1-2-20-22-18-12-15(8-9-19(18)26-20)14-5-3-6-16(11-14)21(25)23-10-4-7-17(23)13-24/h3,5-6,8-9,11-12,17,24H,2,4,7,10,13H2,1H3/t17-/m0/s1. The first-order valence-corrected chi connectivity index (χ1v) is 9.11. The van der Waals surface area contributed by atoms with Gasteiger partial charge >= 0.3 is 0 Å². The molecule has 0 unspecified atom stereocenters. The Morgan fingerprint density at radius 1 is 1.27 bits per heavy atom. The number of aryl methyl sites for hydroxylation is 1. The molecule has 1 aromatic heterocycles. The van der Waals surface area contributed by atoms with Gasteiger partial charge in [0.15, 0.2) is 11.5 Å². The summed E-state index contributed by atoms with van der Waals surface area (Å²) in [5, 5.41) is 9.48. The SMILES string of the molecule is CCc1nc2cc(-c3cccc(C(=O)N4CCC[C@H]4CO)c3)ccc2o1. The van der Waals surface area contributed by atoms with Gasteiger partial charge in [-0.05, 0) is 48.2 Å². The van der Waals surface area contributed by atoms with E-state index in [2.05, 4.69) is 4.98 Å². The van der Waals surface area contributed by atoms with Gasteiger partial charge in [0.05, 0.1) is 12.6 Å². The van der Waals surface area contributed by atoms with Crippen LogP contribution in [0.5, 0.6) is 0 Å². The Balaban J connectivity index is 1.66. The third-order valence-corrected chi connectivity index (χ3v) is 5.03. The summed E-state index contributed by atoms with van der Waals surface area (Å²) >= 11 is 0. The molecular weight excluding hydrogens is 328 g/mol. The number of fused-ring (bicyclic) bond motifs is 1. The molecule has 0 radical (unpaired) electrons. The minimum atomic E-state index is -0.0647. The van der Waals surface area contributed by atoms with Crippen molar-refractivity contribution in [2.75, 3.05) is 13.2 Å². The van der Waals surface area contributed by atoms with Gasteiger partial charge in [0, 0.05) is 18.5 Å². The van der Waals surface area contributed by atoms with Crippen LogP contribution in [0.25, 0.3) is 22.2 Å². The maximum absolute atomic E-state index is 12.8. The van der Waals surface area contributed by atoms with Crippen LogP contribution in [0.4, 0.5) is 0 Å². The highest BCUT2D eigenvalue weighted by Crippen LogP contribution is 2.27. The van der Waals surface area contributed by atoms with Crippen molar-refractivity contribution in [1.82, 2.24) is 9.88 Å². The van der Waals surface area contributed by atoms with E-state index in [4.69, 9.17) is 4.42 Å². The molecule has 0 aliphatic carbocycles. The lowest BCUT2D eigenvalue weighted by Crippen LogP contribution is -2.37. The van der Waals surface area contributed by atoms with Gasteiger partial charge in [-0.3, -0.25) is 4.79 Å². The van der Waals surface area contributed by atoms with Gasteiger partial charge < -0.3 is 14.4 Å². The summed E-state index contributed by atoms with van der Waals surface area (Å²) in [4.78, 5) is 19.1.